The summed E-state index contributed by atoms with van der Waals surface area (Å²) in [6.45, 7) is 2.81. The van der Waals surface area contributed by atoms with Gasteiger partial charge in [0.2, 0.25) is 0 Å². The SMILES string of the molecule is C[C@@H]1CC=CCCCCCCCC(=O)OCC1. The predicted octanol–water partition coefficient (Wildman–Crippen LogP) is 4.25. The van der Waals surface area contributed by atoms with Crippen LogP contribution in [0.3, 0.4) is 0 Å². The zero-order chi connectivity index (χ0) is 12.3. The molecule has 0 radical (unpaired) electrons. The molecule has 1 rings (SSSR count). The molecule has 0 spiro atoms. The first kappa shape index (κ1) is 14.3. The van der Waals surface area contributed by atoms with Gasteiger partial charge in [0.05, 0.1) is 6.61 Å². The molecule has 1 aliphatic heterocycles. The first-order chi connectivity index (χ1) is 8.29. The third kappa shape index (κ3) is 8.00. The summed E-state index contributed by atoms with van der Waals surface area (Å²) in [5.74, 6) is 0.604. The Kier molecular flexibility index (Phi) is 7.78. The minimum atomic E-state index is -0.0115. The van der Waals surface area contributed by atoms with E-state index in [0.717, 1.165) is 25.7 Å². The van der Waals surface area contributed by atoms with Crippen LogP contribution >= 0.6 is 0 Å². The molecule has 0 aromatic carbocycles. The fourth-order valence-electron chi connectivity index (χ4n) is 2.07. The lowest BCUT2D eigenvalue weighted by Crippen LogP contribution is -2.08. The predicted molar refractivity (Wildman–Crippen MR) is 70.8 cm³/mol. The number of carbonyl (C=O) groups excluding carboxylic acids is 1. The molecule has 98 valence electrons. The fraction of sp³-hybridized carbons (Fsp3) is 0.800. The van der Waals surface area contributed by atoms with Crippen LogP contribution in [0.4, 0.5) is 0 Å². The van der Waals surface area contributed by atoms with E-state index in [1.807, 2.05) is 0 Å². The molecule has 0 aromatic rings. The minimum absolute atomic E-state index is 0.0115. The van der Waals surface area contributed by atoms with Crippen molar-refractivity contribution in [3.8, 4) is 0 Å². The van der Waals surface area contributed by atoms with Gasteiger partial charge < -0.3 is 4.74 Å². The van der Waals surface area contributed by atoms with Crippen LogP contribution in [-0.4, -0.2) is 12.6 Å². The van der Waals surface area contributed by atoms with Crippen molar-refractivity contribution in [1.29, 1.82) is 0 Å². The molecule has 0 saturated heterocycles. The zero-order valence-corrected chi connectivity index (χ0v) is 11.1. The Balaban J connectivity index is 2.29. The van der Waals surface area contributed by atoms with Crippen molar-refractivity contribution in [2.24, 2.45) is 5.92 Å². The molecule has 0 N–H and O–H groups in total. The molecule has 0 aromatic heterocycles. The average Bonchev–Trinajstić information content (AvgIpc) is 2.31. The molecule has 1 atom stereocenters. The molecule has 2 nitrogen and oxygen atoms in total. The Morgan fingerprint density at radius 2 is 1.88 bits per heavy atom. The van der Waals surface area contributed by atoms with Crippen molar-refractivity contribution < 1.29 is 9.53 Å². The van der Waals surface area contributed by atoms with E-state index in [-0.39, 0.29) is 5.97 Å². The molecule has 0 bridgehead atoms. The van der Waals surface area contributed by atoms with Crippen LogP contribution in [0.15, 0.2) is 12.2 Å². The van der Waals surface area contributed by atoms with Gasteiger partial charge >= 0.3 is 5.97 Å². The number of cyclic esters (lactones) is 1. The summed E-state index contributed by atoms with van der Waals surface area (Å²) in [5.41, 5.74) is 0. The average molecular weight is 238 g/mol. The van der Waals surface area contributed by atoms with Crippen molar-refractivity contribution in [3.63, 3.8) is 0 Å². The Labute approximate surface area is 105 Å². The second-order valence-electron chi connectivity index (χ2n) is 5.13. The number of rotatable bonds is 0. The van der Waals surface area contributed by atoms with E-state index < -0.39 is 0 Å². The zero-order valence-electron chi connectivity index (χ0n) is 11.1. The van der Waals surface area contributed by atoms with Crippen molar-refractivity contribution in [1.82, 2.24) is 0 Å². The maximum Gasteiger partial charge on any atom is 0.305 e. The summed E-state index contributed by atoms with van der Waals surface area (Å²) in [7, 11) is 0. The van der Waals surface area contributed by atoms with E-state index in [0.29, 0.717) is 18.9 Å². The monoisotopic (exact) mass is 238 g/mol. The number of hydrogen-bond acceptors (Lipinski definition) is 2. The van der Waals surface area contributed by atoms with E-state index in [2.05, 4.69) is 19.1 Å². The Morgan fingerprint density at radius 3 is 2.76 bits per heavy atom. The lowest BCUT2D eigenvalue weighted by atomic mass is 10.0. The largest absolute Gasteiger partial charge is 0.466 e. The summed E-state index contributed by atoms with van der Waals surface area (Å²) in [4.78, 5) is 11.4. The van der Waals surface area contributed by atoms with Gasteiger partial charge in [-0.15, -0.1) is 0 Å². The summed E-state index contributed by atoms with van der Waals surface area (Å²) in [6.07, 6.45) is 14.5. The van der Waals surface area contributed by atoms with E-state index in [1.54, 1.807) is 0 Å². The molecule has 0 saturated carbocycles. The normalized spacial score (nSPS) is 25.7. The quantitative estimate of drug-likeness (QED) is 0.466. The van der Waals surface area contributed by atoms with Gasteiger partial charge in [-0.25, -0.2) is 0 Å². The van der Waals surface area contributed by atoms with Gasteiger partial charge in [0, 0.05) is 6.42 Å². The molecule has 1 aliphatic rings. The van der Waals surface area contributed by atoms with Gasteiger partial charge in [0.25, 0.3) is 0 Å². The highest BCUT2D eigenvalue weighted by Gasteiger charge is 2.05. The number of carbonyl (C=O) groups is 1. The van der Waals surface area contributed by atoms with Crippen LogP contribution in [-0.2, 0) is 9.53 Å². The second kappa shape index (κ2) is 9.26. The minimum Gasteiger partial charge on any atom is -0.466 e. The molecule has 0 aliphatic carbocycles. The van der Waals surface area contributed by atoms with Gasteiger partial charge in [0.1, 0.15) is 0 Å². The van der Waals surface area contributed by atoms with E-state index in [4.69, 9.17) is 4.74 Å². The molecule has 17 heavy (non-hydrogen) atoms. The molecule has 1 heterocycles. The third-order valence-electron chi connectivity index (χ3n) is 3.33. The fourth-order valence-corrected chi connectivity index (χ4v) is 2.07. The number of esters is 1. The van der Waals surface area contributed by atoms with Crippen molar-refractivity contribution >= 4 is 5.97 Å². The topological polar surface area (TPSA) is 26.3 Å². The van der Waals surface area contributed by atoms with Crippen molar-refractivity contribution in [2.75, 3.05) is 6.61 Å². The van der Waals surface area contributed by atoms with Crippen LogP contribution in [0.1, 0.15) is 64.7 Å². The highest BCUT2D eigenvalue weighted by molar-refractivity contribution is 5.69. The molecular weight excluding hydrogens is 212 g/mol. The van der Waals surface area contributed by atoms with Crippen LogP contribution in [0.25, 0.3) is 0 Å². The van der Waals surface area contributed by atoms with E-state index in [9.17, 15) is 4.79 Å². The summed E-state index contributed by atoms with van der Waals surface area (Å²) in [6, 6.07) is 0. The molecule has 0 unspecified atom stereocenters. The Hall–Kier alpha value is -0.790. The lowest BCUT2D eigenvalue weighted by Gasteiger charge is -2.09. The Bertz CT molecular complexity index is 233. The first-order valence-corrected chi connectivity index (χ1v) is 7.09. The lowest BCUT2D eigenvalue weighted by molar-refractivity contribution is -0.144. The smallest absolute Gasteiger partial charge is 0.305 e. The van der Waals surface area contributed by atoms with Crippen LogP contribution < -0.4 is 0 Å². The van der Waals surface area contributed by atoms with Gasteiger partial charge in [-0.05, 0) is 38.0 Å². The van der Waals surface area contributed by atoms with Crippen molar-refractivity contribution in [2.45, 2.75) is 64.7 Å². The van der Waals surface area contributed by atoms with Crippen LogP contribution in [0, 0.1) is 5.92 Å². The standard InChI is InChI=1S/C15H26O2/c1-14-10-8-6-4-2-3-5-7-9-11-15(16)17-13-12-14/h6,8,14H,2-5,7,9-13H2,1H3/t14-/m1/s1. The maximum absolute atomic E-state index is 11.4. The molecule has 0 fully saturated rings. The Morgan fingerprint density at radius 1 is 1.12 bits per heavy atom. The molecular formula is C15H26O2. The third-order valence-corrected chi connectivity index (χ3v) is 3.33. The molecule has 0 amide bonds. The highest BCUT2D eigenvalue weighted by Crippen LogP contribution is 2.12. The van der Waals surface area contributed by atoms with E-state index >= 15 is 0 Å². The van der Waals surface area contributed by atoms with Crippen LogP contribution in [0.5, 0.6) is 0 Å². The molecule has 2 heteroatoms. The number of ether oxygens (including phenoxy) is 1. The van der Waals surface area contributed by atoms with Gasteiger partial charge in [-0.3, -0.25) is 4.79 Å². The van der Waals surface area contributed by atoms with E-state index in [1.165, 1.54) is 25.7 Å². The second-order valence-corrected chi connectivity index (χ2v) is 5.13. The van der Waals surface area contributed by atoms with Crippen LogP contribution in [0.2, 0.25) is 0 Å². The first-order valence-electron chi connectivity index (χ1n) is 7.09. The number of hydrogen-bond donors (Lipinski definition) is 0. The van der Waals surface area contributed by atoms with Gasteiger partial charge in [-0.1, -0.05) is 38.3 Å². The van der Waals surface area contributed by atoms with Gasteiger partial charge in [-0.2, -0.15) is 0 Å². The number of allylic oxidation sites excluding steroid dienone is 2. The summed E-state index contributed by atoms with van der Waals surface area (Å²) < 4.78 is 5.23. The summed E-state index contributed by atoms with van der Waals surface area (Å²) >= 11 is 0. The van der Waals surface area contributed by atoms with Gasteiger partial charge in [0.15, 0.2) is 0 Å². The van der Waals surface area contributed by atoms with Crippen molar-refractivity contribution in [3.05, 3.63) is 12.2 Å². The summed E-state index contributed by atoms with van der Waals surface area (Å²) in [5, 5.41) is 0. The highest BCUT2D eigenvalue weighted by atomic mass is 16.5. The maximum atomic E-state index is 11.4.